The fourth-order valence-electron chi connectivity index (χ4n) is 3.82. The number of hydrogen-bond acceptors (Lipinski definition) is 1. The molecule has 0 fully saturated rings. The van der Waals surface area contributed by atoms with Crippen LogP contribution in [-0.4, -0.2) is 12.5 Å². The third-order valence-electron chi connectivity index (χ3n) is 5.75. The third-order valence-corrected chi connectivity index (χ3v) is 5.75. The van der Waals surface area contributed by atoms with Gasteiger partial charge in [-0.15, -0.1) is 0 Å². The topological polar surface area (TPSA) is 29.1 Å². The summed E-state index contributed by atoms with van der Waals surface area (Å²) >= 11 is 0. The van der Waals surface area contributed by atoms with Crippen LogP contribution < -0.4 is 5.32 Å². The van der Waals surface area contributed by atoms with Crippen LogP contribution in [0.4, 0.5) is 0 Å². The van der Waals surface area contributed by atoms with Gasteiger partial charge in [0.25, 0.3) is 0 Å². The highest BCUT2D eigenvalue weighted by Gasteiger charge is 2.24. The van der Waals surface area contributed by atoms with E-state index in [0.29, 0.717) is 5.92 Å². The van der Waals surface area contributed by atoms with Gasteiger partial charge in [-0.05, 0) is 48.8 Å². The number of amides is 1. The Morgan fingerprint density at radius 3 is 2.25 bits per heavy atom. The standard InChI is InChI=1S/C26H43NO/c1-6-9-10-11-12-13-16-19-27-26(28)25(21(4)5)20-23(8-3)24-18-15-14-17-22(24)7-2/h8,14-15,17-18,21,25H,6-7,9-13,16,19-20H2,1-5H3,(H,27,28)/b23-8-. The third kappa shape index (κ3) is 8.63. The van der Waals surface area contributed by atoms with E-state index in [-0.39, 0.29) is 11.8 Å². The first kappa shape index (κ1) is 24.5. The lowest BCUT2D eigenvalue weighted by atomic mass is 9.84. The Balaban J connectivity index is 2.56. The van der Waals surface area contributed by atoms with Gasteiger partial charge in [0.15, 0.2) is 0 Å². The highest BCUT2D eigenvalue weighted by atomic mass is 16.1. The molecule has 0 aliphatic heterocycles. The van der Waals surface area contributed by atoms with E-state index in [1.807, 2.05) is 0 Å². The molecule has 1 unspecified atom stereocenters. The van der Waals surface area contributed by atoms with Gasteiger partial charge >= 0.3 is 0 Å². The normalized spacial score (nSPS) is 13.0. The average Bonchev–Trinajstić information content (AvgIpc) is 2.70. The highest BCUT2D eigenvalue weighted by Crippen LogP contribution is 2.29. The minimum absolute atomic E-state index is 0.0284. The zero-order valence-electron chi connectivity index (χ0n) is 19.0. The summed E-state index contributed by atoms with van der Waals surface area (Å²) in [5.74, 6) is 0.577. The molecule has 28 heavy (non-hydrogen) atoms. The van der Waals surface area contributed by atoms with Crippen LogP contribution in [0, 0.1) is 11.8 Å². The summed E-state index contributed by atoms with van der Waals surface area (Å²) in [6, 6.07) is 8.60. The lowest BCUT2D eigenvalue weighted by molar-refractivity contribution is -0.126. The van der Waals surface area contributed by atoms with Crippen molar-refractivity contribution in [1.82, 2.24) is 5.32 Å². The summed E-state index contributed by atoms with van der Waals surface area (Å²) in [5.41, 5.74) is 3.96. The van der Waals surface area contributed by atoms with E-state index in [1.54, 1.807) is 0 Å². The van der Waals surface area contributed by atoms with Crippen LogP contribution in [0.25, 0.3) is 5.57 Å². The van der Waals surface area contributed by atoms with Crippen molar-refractivity contribution < 1.29 is 4.79 Å². The summed E-state index contributed by atoms with van der Waals surface area (Å²) in [5, 5.41) is 3.21. The van der Waals surface area contributed by atoms with Crippen LogP contribution in [0.1, 0.15) is 97.1 Å². The molecule has 0 saturated heterocycles. The van der Waals surface area contributed by atoms with Crippen LogP contribution in [0.2, 0.25) is 0 Å². The minimum Gasteiger partial charge on any atom is -0.356 e. The lowest BCUT2D eigenvalue weighted by Gasteiger charge is -2.23. The van der Waals surface area contributed by atoms with Crippen LogP contribution in [0.15, 0.2) is 30.3 Å². The summed E-state index contributed by atoms with van der Waals surface area (Å²) in [6.07, 6.45) is 13.0. The second kappa shape index (κ2) is 14.4. The van der Waals surface area contributed by atoms with Gasteiger partial charge in [-0.3, -0.25) is 4.79 Å². The van der Waals surface area contributed by atoms with E-state index < -0.39 is 0 Å². The Morgan fingerprint density at radius 1 is 1.00 bits per heavy atom. The molecule has 0 bridgehead atoms. The SMILES string of the molecule is C/C=C(/CC(C(=O)NCCCCCCCCC)C(C)C)c1ccccc1CC. The fraction of sp³-hybridized carbons (Fsp3) is 0.654. The molecule has 0 aromatic heterocycles. The predicted molar refractivity (Wildman–Crippen MR) is 123 cm³/mol. The van der Waals surface area contributed by atoms with Crippen molar-refractivity contribution in [3.05, 3.63) is 41.5 Å². The lowest BCUT2D eigenvalue weighted by Crippen LogP contribution is -2.34. The van der Waals surface area contributed by atoms with Crippen molar-refractivity contribution >= 4 is 11.5 Å². The van der Waals surface area contributed by atoms with Crippen molar-refractivity contribution in [3.8, 4) is 0 Å². The van der Waals surface area contributed by atoms with Crippen LogP contribution in [-0.2, 0) is 11.2 Å². The van der Waals surface area contributed by atoms with Gasteiger partial charge in [0.1, 0.15) is 0 Å². The molecular weight excluding hydrogens is 342 g/mol. The van der Waals surface area contributed by atoms with Gasteiger partial charge in [0.05, 0.1) is 0 Å². The molecular formula is C26H43NO. The van der Waals surface area contributed by atoms with Crippen molar-refractivity contribution in [2.45, 2.75) is 92.4 Å². The molecule has 0 spiro atoms. The second-order valence-electron chi connectivity index (χ2n) is 8.29. The maximum atomic E-state index is 12.9. The van der Waals surface area contributed by atoms with Gasteiger partial charge in [-0.25, -0.2) is 0 Å². The number of rotatable bonds is 14. The van der Waals surface area contributed by atoms with Gasteiger partial charge < -0.3 is 5.32 Å². The minimum atomic E-state index is 0.0284. The van der Waals surface area contributed by atoms with Gasteiger partial charge in [-0.2, -0.15) is 0 Å². The summed E-state index contributed by atoms with van der Waals surface area (Å²) < 4.78 is 0. The molecule has 1 aromatic rings. The van der Waals surface area contributed by atoms with E-state index in [0.717, 1.165) is 25.8 Å². The molecule has 1 amide bonds. The Bertz CT molecular complexity index is 588. The fourth-order valence-corrected chi connectivity index (χ4v) is 3.82. The molecule has 1 aromatic carbocycles. The van der Waals surface area contributed by atoms with Gasteiger partial charge in [-0.1, -0.05) is 96.6 Å². The van der Waals surface area contributed by atoms with Crippen molar-refractivity contribution in [1.29, 1.82) is 0 Å². The molecule has 0 saturated carbocycles. The van der Waals surface area contributed by atoms with E-state index in [4.69, 9.17) is 0 Å². The molecule has 2 nitrogen and oxygen atoms in total. The maximum Gasteiger partial charge on any atom is 0.223 e. The number of benzene rings is 1. The van der Waals surface area contributed by atoms with Crippen LogP contribution >= 0.6 is 0 Å². The quantitative estimate of drug-likeness (QED) is 0.338. The molecule has 0 aliphatic carbocycles. The molecule has 1 atom stereocenters. The molecule has 0 radical (unpaired) electrons. The average molecular weight is 386 g/mol. The largest absolute Gasteiger partial charge is 0.356 e. The Labute approximate surface area is 174 Å². The predicted octanol–water partition coefficient (Wildman–Crippen LogP) is 7.18. The molecule has 2 heteroatoms. The smallest absolute Gasteiger partial charge is 0.223 e. The Hall–Kier alpha value is -1.57. The Morgan fingerprint density at radius 2 is 1.64 bits per heavy atom. The first-order valence-electron chi connectivity index (χ1n) is 11.6. The number of hydrogen-bond donors (Lipinski definition) is 1. The summed E-state index contributed by atoms with van der Waals surface area (Å²) in [7, 11) is 0. The molecule has 1 N–H and O–H groups in total. The summed E-state index contributed by atoms with van der Waals surface area (Å²) in [6.45, 7) is 11.7. The number of allylic oxidation sites excluding steroid dienone is 2. The van der Waals surface area contributed by atoms with E-state index in [1.165, 1.54) is 55.2 Å². The molecule has 1 rings (SSSR count). The van der Waals surface area contributed by atoms with E-state index in [2.05, 4.69) is 70.3 Å². The summed E-state index contributed by atoms with van der Waals surface area (Å²) in [4.78, 5) is 12.9. The van der Waals surface area contributed by atoms with Crippen molar-refractivity contribution in [2.75, 3.05) is 6.54 Å². The van der Waals surface area contributed by atoms with E-state index >= 15 is 0 Å². The van der Waals surface area contributed by atoms with Crippen LogP contribution in [0.5, 0.6) is 0 Å². The van der Waals surface area contributed by atoms with Gasteiger partial charge in [0.2, 0.25) is 5.91 Å². The molecule has 0 heterocycles. The zero-order chi connectivity index (χ0) is 20.8. The number of nitrogens with one attached hydrogen (secondary N) is 1. The molecule has 158 valence electrons. The van der Waals surface area contributed by atoms with E-state index in [9.17, 15) is 4.79 Å². The highest BCUT2D eigenvalue weighted by molar-refractivity contribution is 5.82. The number of carbonyl (C=O) groups is 1. The molecule has 0 aliphatic rings. The van der Waals surface area contributed by atoms with Gasteiger partial charge in [0, 0.05) is 12.5 Å². The monoisotopic (exact) mass is 385 g/mol. The number of unbranched alkanes of at least 4 members (excludes halogenated alkanes) is 6. The first-order chi connectivity index (χ1) is 13.5. The first-order valence-corrected chi connectivity index (χ1v) is 11.6. The number of carbonyl (C=O) groups excluding carboxylic acids is 1. The van der Waals surface area contributed by atoms with Crippen LogP contribution in [0.3, 0.4) is 0 Å². The maximum absolute atomic E-state index is 12.9. The van der Waals surface area contributed by atoms with Crippen molar-refractivity contribution in [3.63, 3.8) is 0 Å². The second-order valence-corrected chi connectivity index (χ2v) is 8.29. The Kier molecular flexibility index (Phi) is 12.6. The van der Waals surface area contributed by atoms with Crippen molar-refractivity contribution in [2.24, 2.45) is 11.8 Å². The number of aryl methyl sites for hydroxylation is 1. The zero-order valence-corrected chi connectivity index (χ0v) is 19.0.